The van der Waals surface area contributed by atoms with Crippen LogP contribution in [0.5, 0.6) is 0 Å². The molecule has 1 rings (SSSR count). The SMILES string of the molecule is CCCCCCC(=O)C1CCC(CC)C1. The first kappa shape index (κ1) is 12.7. The van der Waals surface area contributed by atoms with Crippen LogP contribution < -0.4 is 0 Å². The van der Waals surface area contributed by atoms with Crippen molar-refractivity contribution in [1.82, 2.24) is 0 Å². The van der Waals surface area contributed by atoms with Gasteiger partial charge in [-0.1, -0.05) is 39.5 Å². The van der Waals surface area contributed by atoms with Gasteiger partial charge in [-0.25, -0.2) is 0 Å². The van der Waals surface area contributed by atoms with E-state index in [-0.39, 0.29) is 0 Å². The zero-order valence-corrected chi connectivity index (χ0v) is 10.4. The number of carbonyl (C=O) groups is 1. The number of carbonyl (C=O) groups excluding carboxylic acids is 1. The summed E-state index contributed by atoms with van der Waals surface area (Å²) in [5.74, 6) is 1.83. The van der Waals surface area contributed by atoms with Gasteiger partial charge in [0.15, 0.2) is 0 Å². The standard InChI is InChI=1S/C14H26O/c1-3-5-6-7-8-14(15)13-10-9-12(4-2)11-13/h12-13H,3-11H2,1-2H3. The predicted octanol–water partition coefficient (Wildman–Crippen LogP) is 4.35. The Morgan fingerprint density at radius 2 is 1.93 bits per heavy atom. The molecule has 0 aromatic rings. The topological polar surface area (TPSA) is 17.1 Å². The fourth-order valence-corrected chi connectivity index (χ4v) is 2.67. The zero-order valence-electron chi connectivity index (χ0n) is 10.4. The second-order valence-electron chi connectivity index (χ2n) is 5.06. The highest BCUT2D eigenvalue weighted by atomic mass is 16.1. The van der Waals surface area contributed by atoms with Gasteiger partial charge in [-0.15, -0.1) is 0 Å². The first-order valence-electron chi connectivity index (χ1n) is 6.80. The lowest BCUT2D eigenvalue weighted by Crippen LogP contribution is -2.11. The largest absolute Gasteiger partial charge is 0.299 e. The molecule has 2 unspecified atom stereocenters. The Kier molecular flexibility index (Phi) is 5.97. The Morgan fingerprint density at radius 1 is 1.13 bits per heavy atom. The second-order valence-corrected chi connectivity index (χ2v) is 5.06. The van der Waals surface area contributed by atoms with Crippen molar-refractivity contribution in [3.8, 4) is 0 Å². The van der Waals surface area contributed by atoms with Gasteiger partial charge in [0.25, 0.3) is 0 Å². The van der Waals surface area contributed by atoms with Crippen LogP contribution in [-0.4, -0.2) is 5.78 Å². The van der Waals surface area contributed by atoms with Crippen molar-refractivity contribution < 1.29 is 4.79 Å². The molecule has 0 aromatic heterocycles. The fourth-order valence-electron chi connectivity index (χ4n) is 2.67. The van der Waals surface area contributed by atoms with Gasteiger partial charge < -0.3 is 0 Å². The lowest BCUT2D eigenvalue weighted by Gasteiger charge is -2.08. The molecule has 0 N–H and O–H groups in total. The summed E-state index contributed by atoms with van der Waals surface area (Å²) in [4.78, 5) is 11.9. The van der Waals surface area contributed by atoms with Gasteiger partial charge in [0, 0.05) is 12.3 Å². The van der Waals surface area contributed by atoms with E-state index in [9.17, 15) is 4.79 Å². The van der Waals surface area contributed by atoms with E-state index in [4.69, 9.17) is 0 Å². The lowest BCUT2D eigenvalue weighted by molar-refractivity contribution is -0.122. The number of rotatable bonds is 7. The normalized spacial score (nSPS) is 25.7. The number of hydrogen-bond acceptors (Lipinski definition) is 1. The summed E-state index contributed by atoms with van der Waals surface area (Å²) in [7, 11) is 0. The summed E-state index contributed by atoms with van der Waals surface area (Å²) in [5.41, 5.74) is 0. The van der Waals surface area contributed by atoms with Crippen LogP contribution in [0.4, 0.5) is 0 Å². The minimum atomic E-state index is 0.427. The molecule has 88 valence electrons. The summed E-state index contributed by atoms with van der Waals surface area (Å²) < 4.78 is 0. The number of ketones is 1. The third-order valence-corrected chi connectivity index (χ3v) is 3.85. The molecule has 1 heteroatoms. The molecule has 0 amide bonds. The van der Waals surface area contributed by atoms with Gasteiger partial charge in [0.05, 0.1) is 0 Å². The third kappa shape index (κ3) is 4.36. The van der Waals surface area contributed by atoms with Gasteiger partial charge in [0.2, 0.25) is 0 Å². The van der Waals surface area contributed by atoms with Crippen molar-refractivity contribution in [2.45, 2.75) is 71.6 Å². The van der Waals surface area contributed by atoms with E-state index in [1.54, 1.807) is 0 Å². The number of unbranched alkanes of at least 4 members (excludes halogenated alkanes) is 3. The van der Waals surface area contributed by atoms with E-state index in [1.807, 2.05) is 0 Å². The highest BCUT2D eigenvalue weighted by Crippen LogP contribution is 2.34. The van der Waals surface area contributed by atoms with Crippen molar-refractivity contribution in [3.63, 3.8) is 0 Å². The number of Topliss-reactive ketones (excluding diaryl/α,β-unsaturated/α-hetero) is 1. The van der Waals surface area contributed by atoms with E-state index >= 15 is 0 Å². The maximum Gasteiger partial charge on any atom is 0.135 e. The molecule has 1 aliphatic carbocycles. The Balaban J connectivity index is 2.12. The molecule has 0 radical (unpaired) electrons. The molecule has 0 aliphatic heterocycles. The molecule has 0 aromatic carbocycles. The molecular formula is C14H26O. The molecule has 1 fully saturated rings. The maximum absolute atomic E-state index is 11.9. The Morgan fingerprint density at radius 3 is 2.53 bits per heavy atom. The molecule has 1 nitrogen and oxygen atoms in total. The van der Waals surface area contributed by atoms with Crippen LogP contribution in [0.25, 0.3) is 0 Å². The van der Waals surface area contributed by atoms with Gasteiger partial charge in [0.1, 0.15) is 5.78 Å². The first-order valence-corrected chi connectivity index (χ1v) is 6.80. The Labute approximate surface area is 94.6 Å². The van der Waals surface area contributed by atoms with E-state index < -0.39 is 0 Å². The third-order valence-electron chi connectivity index (χ3n) is 3.85. The van der Waals surface area contributed by atoms with E-state index in [1.165, 1.54) is 44.9 Å². The maximum atomic E-state index is 11.9. The second kappa shape index (κ2) is 7.03. The molecular weight excluding hydrogens is 184 g/mol. The molecule has 15 heavy (non-hydrogen) atoms. The van der Waals surface area contributed by atoms with E-state index in [0.717, 1.165) is 18.8 Å². The summed E-state index contributed by atoms with van der Waals surface area (Å²) in [5, 5.41) is 0. The first-order chi connectivity index (χ1) is 7.27. The van der Waals surface area contributed by atoms with Crippen LogP contribution in [0.2, 0.25) is 0 Å². The lowest BCUT2D eigenvalue weighted by atomic mass is 9.95. The van der Waals surface area contributed by atoms with E-state index in [2.05, 4.69) is 13.8 Å². The van der Waals surface area contributed by atoms with Crippen LogP contribution in [0.1, 0.15) is 71.6 Å². The van der Waals surface area contributed by atoms with E-state index in [0.29, 0.717) is 11.7 Å². The quantitative estimate of drug-likeness (QED) is 0.571. The van der Waals surface area contributed by atoms with Gasteiger partial charge >= 0.3 is 0 Å². The molecule has 0 bridgehead atoms. The van der Waals surface area contributed by atoms with Gasteiger partial charge in [-0.05, 0) is 31.6 Å². The summed E-state index contributed by atoms with van der Waals surface area (Å²) >= 11 is 0. The van der Waals surface area contributed by atoms with Gasteiger partial charge in [-0.3, -0.25) is 4.79 Å². The fraction of sp³-hybridized carbons (Fsp3) is 0.929. The van der Waals surface area contributed by atoms with Crippen LogP contribution in [-0.2, 0) is 4.79 Å². The molecule has 0 saturated heterocycles. The van der Waals surface area contributed by atoms with Crippen molar-refractivity contribution in [3.05, 3.63) is 0 Å². The monoisotopic (exact) mass is 210 g/mol. The van der Waals surface area contributed by atoms with Crippen molar-refractivity contribution in [2.24, 2.45) is 11.8 Å². The predicted molar refractivity (Wildman–Crippen MR) is 64.9 cm³/mol. The minimum Gasteiger partial charge on any atom is -0.299 e. The highest BCUT2D eigenvalue weighted by molar-refractivity contribution is 5.81. The molecule has 1 saturated carbocycles. The minimum absolute atomic E-state index is 0.427. The summed E-state index contributed by atoms with van der Waals surface area (Å²) in [6.45, 7) is 4.46. The summed E-state index contributed by atoms with van der Waals surface area (Å²) in [6, 6.07) is 0. The smallest absolute Gasteiger partial charge is 0.135 e. The van der Waals surface area contributed by atoms with Crippen LogP contribution in [0.3, 0.4) is 0 Å². The van der Waals surface area contributed by atoms with Crippen molar-refractivity contribution >= 4 is 5.78 Å². The highest BCUT2D eigenvalue weighted by Gasteiger charge is 2.27. The van der Waals surface area contributed by atoms with Crippen molar-refractivity contribution in [2.75, 3.05) is 0 Å². The average molecular weight is 210 g/mol. The molecule has 2 atom stereocenters. The molecule has 0 spiro atoms. The molecule has 0 heterocycles. The summed E-state index contributed by atoms with van der Waals surface area (Å²) in [6.07, 6.45) is 10.7. The average Bonchev–Trinajstić information content (AvgIpc) is 2.72. The Hall–Kier alpha value is -0.330. The van der Waals surface area contributed by atoms with Gasteiger partial charge in [-0.2, -0.15) is 0 Å². The van der Waals surface area contributed by atoms with Crippen LogP contribution >= 0.6 is 0 Å². The number of hydrogen-bond donors (Lipinski definition) is 0. The van der Waals surface area contributed by atoms with Crippen molar-refractivity contribution in [1.29, 1.82) is 0 Å². The van der Waals surface area contributed by atoms with Crippen LogP contribution in [0, 0.1) is 11.8 Å². The van der Waals surface area contributed by atoms with Crippen LogP contribution in [0.15, 0.2) is 0 Å². The zero-order chi connectivity index (χ0) is 11.1. The Bertz CT molecular complexity index is 186. The molecule has 1 aliphatic rings.